The Morgan fingerprint density at radius 1 is 1.03 bits per heavy atom. The maximum absolute atomic E-state index is 13.3. The van der Waals surface area contributed by atoms with Crippen LogP contribution in [0.25, 0.3) is 0 Å². The van der Waals surface area contributed by atoms with Crippen LogP contribution in [0.2, 0.25) is 0 Å². The molecule has 0 saturated carbocycles. The zero-order chi connectivity index (χ0) is 24.9. The van der Waals surface area contributed by atoms with Crippen LogP contribution in [0, 0.1) is 0 Å². The van der Waals surface area contributed by atoms with Crippen molar-refractivity contribution >= 4 is 11.7 Å². The summed E-state index contributed by atoms with van der Waals surface area (Å²) in [6.45, 7) is 5.24. The third kappa shape index (κ3) is 3.38. The minimum absolute atomic E-state index is 0.124. The van der Waals surface area contributed by atoms with E-state index in [2.05, 4.69) is 4.90 Å². The van der Waals surface area contributed by atoms with E-state index in [-0.39, 0.29) is 23.8 Å². The van der Waals surface area contributed by atoms with Crippen LogP contribution in [0.15, 0.2) is 6.07 Å². The lowest BCUT2D eigenvalue weighted by molar-refractivity contribution is 0.00818. The van der Waals surface area contributed by atoms with Crippen molar-refractivity contribution in [2.75, 3.05) is 53.6 Å². The van der Waals surface area contributed by atoms with Crippen LogP contribution in [-0.4, -0.2) is 58.7 Å². The largest absolute Gasteiger partial charge is 0.492 e. The molecule has 3 heterocycles. The topological polar surface area (TPSA) is 111 Å². The molecule has 0 fully saturated rings. The number of rotatable bonds is 7. The van der Waals surface area contributed by atoms with Crippen LogP contribution < -0.4 is 34.2 Å². The number of hydrogen-bond acceptors (Lipinski definition) is 10. The number of benzene rings is 2. The summed E-state index contributed by atoms with van der Waals surface area (Å²) in [4.78, 5) is 15.4. The predicted octanol–water partition coefficient (Wildman–Crippen LogP) is 3.25. The summed E-state index contributed by atoms with van der Waals surface area (Å²) in [6.07, 6.45) is 0.0415. The second-order valence-corrected chi connectivity index (χ2v) is 8.48. The van der Waals surface area contributed by atoms with Crippen LogP contribution in [0.5, 0.6) is 34.5 Å². The number of ether oxygens (including phenoxy) is 7. The normalized spacial score (nSPS) is 20.2. The number of esters is 1. The van der Waals surface area contributed by atoms with Crippen LogP contribution in [-0.2, 0) is 11.2 Å². The molecule has 0 aliphatic carbocycles. The lowest BCUT2D eigenvalue weighted by atomic mass is 9.85. The fourth-order valence-corrected chi connectivity index (χ4v) is 5.28. The molecule has 10 nitrogen and oxygen atoms in total. The highest BCUT2D eigenvalue weighted by Gasteiger charge is 2.48. The van der Waals surface area contributed by atoms with Gasteiger partial charge in [0.2, 0.25) is 18.3 Å². The number of methoxy groups -OCH3 is 2. The van der Waals surface area contributed by atoms with Crippen molar-refractivity contribution in [3.63, 3.8) is 0 Å². The van der Waals surface area contributed by atoms with E-state index in [9.17, 15) is 4.79 Å². The van der Waals surface area contributed by atoms with Crippen molar-refractivity contribution in [3.05, 3.63) is 28.3 Å². The standard InChI is InChI=1S/C25H30N2O8/c1-6-31-22-16-15(17(26)23(32-7-2)24(22)30-5)25(28)35-20(16)18-14-12(8-9-27(18)3)10-13-19(21(14)29-4)34-11-33-13/h10,18,20H,6-9,11,26H2,1-5H3. The molecule has 5 rings (SSSR count). The Hall–Kier alpha value is -3.53. The van der Waals surface area contributed by atoms with Gasteiger partial charge in [0.05, 0.1) is 50.3 Å². The molecule has 0 saturated heterocycles. The Bertz CT molecular complexity index is 1180. The molecule has 0 bridgehead atoms. The zero-order valence-corrected chi connectivity index (χ0v) is 20.6. The Morgan fingerprint density at radius 3 is 2.43 bits per heavy atom. The van der Waals surface area contributed by atoms with Crippen LogP contribution >= 0.6 is 0 Å². The van der Waals surface area contributed by atoms with Crippen molar-refractivity contribution in [2.24, 2.45) is 0 Å². The van der Waals surface area contributed by atoms with Gasteiger partial charge in [-0.25, -0.2) is 4.79 Å². The summed E-state index contributed by atoms with van der Waals surface area (Å²) in [5, 5.41) is 0. The molecule has 35 heavy (non-hydrogen) atoms. The van der Waals surface area contributed by atoms with Crippen LogP contribution in [0.3, 0.4) is 0 Å². The van der Waals surface area contributed by atoms with Crippen molar-refractivity contribution in [2.45, 2.75) is 32.4 Å². The molecular formula is C25H30N2O8. The van der Waals surface area contributed by atoms with E-state index in [1.165, 1.54) is 7.11 Å². The molecule has 3 aliphatic heterocycles. The SMILES string of the molecule is CCOc1c(N)c2c(c(OCC)c1OC)C(C1c3c(cc4c(c3OC)OCO4)CCN1C)OC2=O. The summed E-state index contributed by atoms with van der Waals surface area (Å²) < 4.78 is 40.7. The molecule has 2 atom stereocenters. The minimum Gasteiger partial charge on any atom is -0.492 e. The Labute approximate surface area is 203 Å². The van der Waals surface area contributed by atoms with E-state index >= 15 is 0 Å². The van der Waals surface area contributed by atoms with E-state index in [1.54, 1.807) is 7.11 Å². The quantitative estimate of drug-likeness (QED) is 0.462. The summed E-state index contributed by atoms with van der Waals surface area (Å²) in [6, 6.07) is 1.59. The van der Waals surface area contributed by atoms with Gasteiger partial charge in [0, 0.05) is 12.1 Å². The van der Waals surface area contributed by atoms with E-state index in [1.807, 2.05) is 27.0 Å². The molecule has 2 unspecified atom stereocenters. The van der Waals surface area contributed by atoms with Gasteiger partial charge in [-0.3, -0.25) is 4.90 Å². The highest BCUT2D eigenvalue weighted by Crippen LogP contribution is 2.59. The highest BCUT2D eigenvalue weighted by molar-refractivity contribution is 6.03. The number of hydrogen-bond donors (Lipinski definition) is 1. The first-order chi connectivity index (χ1) is 17.0. The van der Waals surface area contributed by atoms with Crippen molar-refractivity contribution < 1.29 is 38.0 Å². The number of nitrogens with zero attached hydrogens (tertiary/aromatic N) is 1. The Kier molecular flexibility index (Phi) is 5.92. The maximum Gasteiger partial charge on any atom is 0.341 e. The molecular weight excluding hydrogens is 456 g/mol. The highest BCUT2D eigenvalue weighted by atomic mass is 16.7. The number of cyclic esters (lactones) is 1. The second kappa shape index (κ2) is 8.92. The number of carbonyl (C=O) groups is 1. The van der Waals surface area contributed by atoms with Gasteiger partial charge in [0.15, 0.2) is 29.1 Å². The fraction of sp³-hybridized carbons (Fsp3) is 0.480. The molecule has 10 heteroatoms. The second-order valence-electron chi connectivity index (χ2n) is 8.48. The van der Waals surface area contributed by atoms with Crippen LogP contribution in [0.4, 0.5) is 5.69 Å². The smallest absolute Gasteiger partial charge is 0.341 e. The molecule has 2 N–H and O–H groups in total. The number of fused-ring (bicyclic) bond motifs is 3. The van der Waals surface area contributed by atoms with Gasteiger partial charge in [-0.1, -0.05) is 0 Å². The summed E-state index contributed by atoms with van der Waals surface area (Å²) in [5.74, 6) is 2.23. The first kappa shape index (κ1) is 23.2. The van der Waals surface area contributed by atoms with Crippen molar-refractivity contribution in [3.8, 4) is 34.5 Å². The molecule has 2 aromatic carbocycles. The lowest BCUT2D eigenvalue weighted by Gasteiger charge is -2.38. The lowest BCUT2D eigenvalue weighted by Crippen LogP contribution is -2.36. The third-order valence-corrected chi connectivity index (χ3v) is 6.68. The van der Waals surface area contributed by atoms with Gasteiger partial charge in [-0.2, -0.15) is 0 Å². The molecule has 0 amide bonds. The molecule has 0 spiro atoms. The number of nitrogen functional groups attached to an aromatic ring is 1. The van der Waals surface area contributed by atoms with E-state index in [0.29, 0.717) is 47.5 Å². The van der Waals surface area contributed by atoms with Crippen LogP contribution in [0.1, 0.15) is 53.0 Å². The number of nitrogens with two attached hydrogens (primary N) is 1. The molecule has 2 aromatic rings. The van der Waals surface area contributed by atoms with Gasteiger partial charge in [-0.05, 0) is 38.9 Å². The third-order valence-electron chi connectivity index (χ3n) is 6.68. The summed E-state index contributed by atoms with van der Waals surface area (Å²) >= 11 is 0. The predicted molar refractivity (Wildman–Crippen MR) is 126 cm³/mol. The zero-order valence-electron chi connectivity index (χ0n) is 20.6. The number of carbonyl (C=O) groups excluding carboxylic acids is 1. The van der Waals surface area contributed by atoms with Gasteiger partial charge >= 0.3 is 5.97 Å². The van der Waals surface area contributed by atoms with Crippen molar-refractivity contribution in [1.82, 2.24) is 4.90 Å². The average Bonchev–Trinajstić information content (AvgIpc) is 3.45. The monoisotopic (exact) mass is 486 g/mol. The Balaban J connectivity index is 1.75. The minimum atomic E-state index is -0.732. The first-order valence-electron chi connectivity index (χ1n) is 11.7. The van der Waals surface area contributed by atoms with E-state index < -0.39 is 18.1 Å². The molecule has 188 valence electrons. The average molecular weight is 487 g/mol. The maximum atomic E-state index is 13.3. The van der Waals surface area contributed by atoms with Gasteiger partial charge in [-0.15, -0.1) is 0 Å². The molecule has 3 aliphatic rings. The number of likely N-dealkylation sites (N-methyl/N-ethyl adjacent to an activating group) is 1. The Morgan fingerprint density at radius 2 is 1.74 bits per heavy atom. The molecule has 0 aromatic heterocycles. The van der Waals surface area contributed by atoms with Gasteiger partial charge in [0.1, 0.15) is 0 Å². The van der Waals surface area contributed by atoms with E-state index in [4.69, 9.17) is 38.9 Å². The summed E-state index contributed by atoms with van der Waals surface area (Å²) in [7, 11) is 5.10. The van der Waals surface area contributed by atoms with Crippen molar-refractivity contribution in [1.29, 1.82) is 0 Å². The van der Waals surface area contributed by atoms with E-state index in [0.717, 1.165) is 24.1 Å². The fourth-order valence-electron chi connectivity index (χ4n) is 5.28. The first-order valence-corrected chi connectivity index (χ1v) is 11.7. The summed E-state index contributed by atoms with van der Waals surface area (Å²) in [5.41, 5.74) is 9.34. The van der Waals surface area contributed by atoms with Gasteiger partial charge in [0.25, 0.3) is 0 Å². The number of anilines is 1. The molecule has 0 radical (unpaired) electrons. The van der Waals surface area contributed by atoms with Gasteiger partial charge < -0.3 is 38.9 Å².